The maximum absolute atomic E-state index is 12.5. The zero-order chi connectivity index (χ0) is 17.3. The number of carbonyl (C=O) groups excluding carboxylic acids is 1. The highest BCUT2D eigenvalue weighted by atomic mass is 35.5. The lowest BCUT2D eigenvalue weighted by molar-refractivity contribution is -0.124. The molecular formula is C19H26Cl2N4O2. The second-order valence-corrected chi connectivity index (χ2v) is 6.99. The summed E-state index contributed by atoms with van der Waals surface area (Å²) >= 11 is 0. The lowest BCUT2D eigenvalue weighted by Gasteiger charge is -2.31. The van der Waals surface area contributed by atoms with Crippen LogP contribution in [0.2, 0.25) is 0 Å². The zero-order valence-electron chi connectivity index (χ0n) is 15.1. The number of aromatic nitrogens is 2. The largest absolute Gasteiger partial charge is 0.381 e. The number of halogens is 2. The number of imidazole rings is 1. The minimum absolute atomic E-state index is 0. The molecule has 2 aromatic rings. The molecule has 4 rings (SSSR count). The highest BCUT2D eigenvalue weighted by molar-refractivity contribution is 5.98. The van der Waals surface area contributed by atoms with Gasteiger partial charge in [0.1, 0.15) is 11.4 Å². The third-order valence-electron chi connectivity index (χ3n) is 5.18. The van der Waals surface area contributed by atoms with E-state index < -0.39 is 5.54 Å². The number of nitrogens with one attached hydrogen (secondary N) is 1. The van der Waals surface area contributed by atoms with Crippen LogP contribution in [0.15, 0.2) is 30.5 Å². The van der Waals surface area contributed by atoms with E-state index in [1.54, 1.807) is 0 Å². The Hall–Kier alpha value is -1.60. The first-order chi connectivity index (χ1) is 12.1. The Kier molecular flexibility index (Phi) is 7.28. The zero-order valence-corrected chi connectivity index (χ0v) is 16.8. The molecule has 6 nitrogen and oxygen atoms in total. The van der Waals surface area contributed by atoms with Crippen molar-refractivity contribution in [3.05, 3.63) is 36.3 Å². The molecule has 1 aromatic heterocycles. The monoisotopic (exact) mass is 412 g/mol. The highest BCUT2D eigenvalue weighted by Crippen LogP contribution is 2.25. The predicted octanol–water partition coefficient (Wildman–Crippen LogP) is 3.18. The van der Waals surface area contributed by atoms with Crippen molar-refractivity contribution in [2.24, 2.45) is 5.73 Å². The Morgan fingerprint density at radius 3 is 2.52 bits per heavy atom. The number of rotatable bonds is 3. The minimum atomic E-state index is -0.833. The van der Waals surface area contributed by atoms with Crippen molar-refractivity contribution in [1.82, 2.24) is 9.55 Å². The first-order valence-electron chi connectivity index (χ1n) is 8.99. The average molecular weight is 413 g/mol. The Bertz CT molecular complexity index is 747. The molecule has 3 N–H and O–H groups in total. The van der Waals surface area contributed by atoms with Crippen LogP contribution in [0.3, 0.4) is 0 Å². The summed E-state index contributed by atoms with van der Waals surface area (Å²) in [6.07, 6.45) is 6.72. The Morgan fingerprint density at radius 1 is 1.15 bits per heavy atom. The van der Waals surface area contributed by atoms with Gasteiger partial charge in [0.2, 0.25) is 5.91 Å². The van der Waals surface area contributed by atoms with Crippen molar-refractivity contribution in [1.29, 1.82) is 0 Å². The molecule has 8 heteroatoms. The van der Waals surface area contributed by atoms with Crippen molar-refractivity contribution in [3.63, 3.8) is 0 Å². The van der Waals surface area contributed by atoms with E-state index in [-0.39, 0.29) is 30.7 Å². The summed E-state index contributed by atoms with van der Waals surface area (Å²) in [5.41, 5.74) is 8.21. The van der Waals surface area contributed by atoms with Crippen molar-refractivity contribution in [2.75, 3.05) is 18.5 Å². The SMILES string of the molecule is Cl.Cl.NC1(C(=O)Nc2ccc(-c3cn4c(n3)CCCC4)cc2)CCOCC1. The van der Waals surface area contributed by atoms with E-state index >= 15 is 0 Å². The Balaban J connectivity index is 0.00000131. The molecule has 148 valence electrons. The lowest BCUT2D eigenvalue weighted by atomic mass is 9.90. The van der Waals surface area contributed by atoms with E-state index in [4.69, 9.17) is 15.5 Å². The number of hydrogen-bond donors (Lipinski definition) is 2. The van der Waals surface area contributed by atoms with Gasteiger partial charge in [0.25, 0.3) is 0 Å². The molecule has 1 saturated heterocycles. The van der Waals surface area contributed by atoms with Crippen LogP contribution < -0.4 is 11.1 Å². The first kappa shape index (κ1) is 21.7. The molecule has 1 amide bonds. The standard InChI is InChI=1S/C19H24N4O2.2ClH/c20-19(8-11-25-12-9-19)18(24)21-15-6-4-14(5-7-15)16-13-23-10-2-1-3-17(23)22-16;;/h4-7,13H,1-3,8-12,20H2,(H,21,24);2*1H. The van der Waals surface area contributed by atoms with Crippen LogP contribution in [0.5, 0.6) is 0 Å². The number of ether oxygens (including phenoxy) is 1. The normalized spacial score (nSPS) is 17.8. The second-order valence-electron chi connectivity index (χ2n) is 6.99. The van der Waals surface area contributed by atoms with Crippen molar-refractivity contribution >= 4 is 36.4 Å². The fraction of sp³-hybridized carbons (Fsp3) is 0.474. The van der Waals surface area contributed by atoms with Gasteiger partial charge in [-0.1, -0.05) is 12.1 Å². The first-order valence-corrected chi connectivity index (χ1v) is 8.99. The molecule has 2 aliphatic rings. The summed E-state index contributed by atoms with van der Waals surface area (Å²) < 4.78 is 7.54. The van der Waals surface area contributed by atoms with Crippen molar-refractivity contribution < 1.29 is 9.53 Å². The molecule has 1 fully saturated rings. The summed E-state index contributed by atoms with van der Waals surface area (Å²) in [5.74, 6) is 1.03. The molecular weight excluding hydrogens is 387 g/mol. The second kappa shape index (κ2) is 9.06. The van der Waals surface area contributed by atoms with Gasteiger partial charge in [-0.3, -0.25) is 4.79 Å². The summed E-state index contributed by atoms with van der Waals surface area (Å²) in [6.45, 7) is 2.13. The van der Waals surface area contributed by atoms with Crippen LogP contribution in [0.4, 0.5) is 5.69 Å². The third kappa shape index (κ3) is 4.63. The van der Waals surface area contributed by atoms with Crippen LogP contribution >= 0.6 is 24.8 Å². The molecule has 0 saturated carbocycles. The van der Waals surface area contributed by atoms with E-state index in [1.165, 1.54) is 18.7 Å². The Morgan fingerprint density at radius 2 is 1.85 bits per heavy atom. The summed E-state index contributed by atoms with van der Waals surface area (Å²) in [7, 11) is 0. The number of nitrogens with zero attached hydrogens (tertiary/aromatic N) is 2. The van der Waals surface area contributed by atoms with Gasteiger partial charge in [-0.2, -0.15) is 0 Å². The van der Waals surface area contributed by atoms with Crippen LogP contribution in [-0.4, -0.2) is 34.2 Å². The minimum Gasteiger partial charge on any atom is -0.381 e. The smallest absolute Gasteiger partial charge is 0.244 e. The summed E-state index contributed by atoms with van der Waals surface area (Å²) in [4.78, 5) is 17.2. The van der Waals surface area contributed by atoms with E-state index in [0.29, 0.717) is 26.1 Å². The molecule has 2 aliphatic heterocycles. The number of hydrogen-bond acceptors (Lipinski definition) is 4. The van der Waals surface area contributed by atoms with Gasteiger partial charge in [-0.15, -0.1) is 24.8 Å². The van der Waals surface area contributed by atoms with Crippen LogP contribution in [0.25, 0.3) is 11.3 Å². The quantitative estimate of drug-likeness (QED) is 0.810. The predicted molar refractivity (Wildman–Crippen MR) is 111 cm³/mol. The number of aryl methyl sites for hydroxylation is 2. The molecule has 0 unspecified atom stereocenters. The number of nitrogens with two attached hydrogens (primary N) is 1. The maximum atomic E-state index is 12.5. The van der Waals surface area contributed by atoms with Gasteiger partial charge in [-0.25, -0.2) is 4.98 Å². The van der Waals surface area contributed by atoms with Gasteiger partial charge in [0, 0.05) is 43.6 Å². The van der Waals surface area contributed by atoms with Crippen LogP contribution in [0, 0.1) is 0 Å². The maximum Gasteiger partial charge on any atom is 0.244 e. The summed E-state index contributed by atoms with van der Waals surface area (Å²) in [5, 5.41) is 2.93. The van der Waals surface area contributed by atoms with Gasteiger partial charge in [-0.05, 0) is 37.8 Å². The lowest BCUT2D eigenvalue weighted by Crippen LogP contribution is -2.54. The molecule has 0 bridgehead atoms. The number of benzene rings is 1. The van der Waals surface area contributed by atoms with Gasteiger partial charge in [0.05, 0.1) is 5.69 Å². The molecule has 0 aliphatic carbocycles. The number of anilines is 1. The van der Waals surface area contributed by atoms with Crippen LogP contribution in [-0.2, 0) is 22.5 Å². The number of fused-ring (bicyclic) bond motifs is 1. The van der Waals surface area contributed by atoms with Gasteiger partial charge >= 0.3 is 0 Å². The molecule has 0 spiro atoms. The highest BCUT2D eigenvalue weighted by Gasteiger charge is 2.35. The van der Waals surface area contributed by atoms with Gasteiger partial charge in [0.15, 0.2) is 0 Å². The van der Waals surface area contributed by atoms with Crippen LogP contribution in [0.1, 0.15) is 31.5 Å². The van der Waals surface area contributed by atoms with E-state index in [1.807, 2.05) is 24.3 Å². The molecule has 1 aromatic carbocycles. The topological polar surface area (TPSA) is 82.2 Å². The summed E-state index contributed by atoms with van der Waals surface area (Å²) in [6, 6.07) is 7.82. The van der Waals surface area contributed by atoms with Crippen molar-refractivity contribution in [2.45, 2.75) is 44.2 Å². The molecule has 0 radical (unpaired) electrons. The fourth-order valence-electron chi connectivity index (χ4n) is 3.49. The molecule has 27 heavy (non-hydrogen) atoms. The van der Waals surface area contributed by atoms with Gasteiger partial charge < -0.3 is 20.4 Å². The average Bonchev–Trinajstić information content (AvgIpc) is 3.07. The van der Waals surface area contributed by atoms with Crippen molar-refractivity contribution in [3.8, 4) is 11.3 Å². The third-order valence-corrected chi connectivity index (χ3v) is 5.18. The molecule has 3 heterocycles. The Labute approximate surface area is 171 Å². The van der Waals surface area contributed by atoms with E-state index in [0.717, 1.165) is 29.9 Å². The van der Waals surface area contributed by atoms with E-state index in [9.17, 15) is 4.79 Å². The van der Waals surface area contributed by atoms with E-state index in [2.05, 4.69) is 16.1 Å². The molecule has 0 atom stereocenters. The fourth-order valence-corrected chi connectivity index (χ4v) is 3.49. The number of carbonyl (C=O) groups is 1. The number of amides is 1.